The molecule has 0 N–H and O–H groups in total. The summed E-state index contributed by atoms with van der Waals surface area (Å²) in [6, 6.07) is 0. The van der Waals surface area contributed by atoms with Crippen LogP contribution in [0.4, 0.5) is 0 Å². The lowest BCUT2D eigenvalue weighted by Crippen LogP contribution is -2.45. The minimum atomic E-state index is -0.553. The third-order valence-electron chi connectivity index (χ3n) is 4.94. The van der Waals surface area contributed by atoms with Gasteiger partial charge in [0.1, 0.15) is 5.82 Å². The Morgan fingerprint density at radius 1 is 1.26 bits per heavy atom. The van der Waals surface area contributed by atoms with E-state index < -0.39 is 11.1 Å². The molecule has 2 aliphatic heterocycles. The van der Waals surface area contributed by atoms with Crippen LogP contribution >= 0.6 is 11.3 Å². The van der Waals surface area contributed by atoms with E-state index >= 15 is 0 Å². The van der Waals surface area contributed by atoms with Crippen LogP contribution in [0.5, 0.6) is 0 Å². The number of aromatic nitrogens is 4. The van der Waals surface area contributed by atoms with Crippen molar-refractivity contribution in [2.24, 2.45) is 0 Å². The lowest BCUT2D eigenvalue weighted by molar-refractivity contribution is 0.357. The topological polar surface area (TPSA) is 73.0 Å². The second-order valence-electron chi connectivity index (χ2n) is 6.62. The Bertz CT molecular complexity index is 883. The van der Waals surface area contributed by atoms with Crippen LogP contribution in [0.1, 0.15) is 29.4 Å². The second kappa shape index (κ2) is 5.10. The van der Waals surface area contributed by atoms with Crippen molar-refractivity contribution in [2.45, 2.75) is 38.3 Å². The highest BCUT2D eigenvalue weighted by Gasteiger charge is 2.46. The van der Waals surface area contributed by atoms with Crippen LogP contribution in [-0.2, 0) is 18.5 Å². The van der Waals surface area contributed by atoms with Crippen LogP contribution in [0.25, 0.3) is 0 Å². The molecule has 4 rings (SSSR count). The number of likely N-dealkylation sites (N-methyl/N-ethyl adjacent to an activating group) is 1. The number of hydrogen-bond donors (Lipinski definition) is 0. The smallest absolute Gasteiger partial charge is 0.305 e. The van der Waals surface area contributed by atoms with Gasteiger partial charge in [0, 0.05) is 23.9 Å². The fourth-order valence-corrected chi connectivity index (χ4v) is 4.38. The molecule has 1 spiro atoms. The SMILES string of the molecule is Cc1nc(Cn2nc3n(c(=O)c2=O)CC[C@]32CCN(C)C2)cs1. The van der Waals surface area contributed by atoms with Crippen molar-refractivity contribution < 1.29 is 0 Å². The zero-order valence-corrected chi connectivity index (χ0v) is 14.1. The third-order valence-corrected chi connectivity index (χ3v) is 5.77. The zero-order chi connectivity index (χ0) is 16.2. The van der Waals surface area contributed by atoms with Crippen molar-refractivity contribution in [3.05, 3.63) is 42.6 Å². The number of likely N-dealkylation sites (tertiary alicyclic amines) is 1. The fraction of sp³-hybridized carbons (Fsp3) is 0.600. The highest BCUT2D eigenvalue weighted by Crippen LogP contribution is 2.39. The summed E-state index contributed by atoms with van der Waals surface area (Å²) in [6.07, 6.45) is 1.88. The summed E-state index contributed by atoms with van der Waals surface area (Å²) in [5, 5.41) is 7.45. The van der Waals surface area contributed by atoms with Crippen LogP contribution in [0, 0.1) is 6.92 Å². The van der Waals surface area contributed by atoms with Crippen molar-refractivity contribution in [1.82, 2.24) is 24.2 Å². The summed E-state index contributed by atoms with van der Waals surface area (Å²) < 4.78 is 2.89. The van der Waals surface area contributed by atoms with Crippen molar-refractivity contribution >= 4 is 11.3 Å². The van der Waals surface area contributed by atoms with Gasteiger partial charge in [0.2, 0.25) is 0 Å². The Morgan fingerprint density at radius 3 is 2.70 bits per heavy atom. The number of rotatable bonds is 2. The van der Waals surface area contributed by atoms with Gasteiger partial charge in [0.15, 0.2) is 0 Å². The summed E-state index contributed by atoms with van der Waals surface area (Å²) in [5.41, 5.74) is -0.306. The van der Waals surface area contributed by atoms with Gasteiger partial charge in [0.05, 0.1) is 17.2 Å². The second-order valence-corrected chi connectivity index (χ2v) is 7.68. The van der Waals surface area contributed by atoms with Crippen LogP contribution in [-0.4, -0.2) is 44.4 Å². The number of nitrogens with zero attached hydrogens (tertiary/aromatic N) is 5. The Kier molecular flexibility index (Phi) is 3.28. The highest BCUT2D eigenvalue weighted by molar-refractivity contribution is 7.09. The predicted molar refractivity (Wildman–Crippen MR) is 87.1 cm³/mol. The van der Waals surface area contributed by atoms with Gasteiger partial charge in [-0.2, -0.15) is 5.10 Å². The molecule has 2 aliphatic rings. The summed E-state index contributed by atoms with van der Waals surface area (Å²) in [7, 11) is 2.09. The molecule has 2 aromatic rings. The van der Waals surface area contributed by atoms with Gasteiger partial charge in [-0.15, -0.1) is 11.3 Å². The number of aryl methyl sites for hydroxylation is 1. The zero-order valence-electron chi connectivity index (χ0n) is 13.3. The number of thiazole rings is 1. The maximum atomic E-state index is 12.5. The molecule has 0 saturated carbocycles. The predicted octanol–water partition coefficient (Wildman–Crippen LogP) is 0.195. The monoisotopic (exact) mass is 333 g/mol. The minimum Gasteiger partial charge on any atom is -0.305 e. The molecule has 0 bridgehead atoms. The molecule has 0 radical (unpaired) electrons. The summed E-state index contributed by atoms with van der Waals surface area (Å²) in [6.45, 7) is 4.68. The molecule has 122 valence electrons. The first kappa shape index (κ1) is 14.8. The average molecular weight is 333 g/mol. The first-order chi connectivity index (χ1) is 11.0. The minimum absolute atomic E-state index is 0.0820. The van der Waals surface area contributed by atoms with Crippen LogP contribution in [0.3, 0.4) is 0 Å². The van der Waals surface area contributed by atoms with Gasteiger partial charge < -0.3 is 4.90 Å². The molecule has 4 heterocycles. The van der Waals surface area contributed by atoms with Gasteiger partial charge in [-0.25, -0.2) is 9.67 Å². The largest absolute Gasteiger partial charge is 0.332 e. The summed E-state index contributed by atoms with van der Waals surface area (Å²) >= 11 is 1.53. The molecule has 1 saturated heterocycles. The first-order valence-electron chi connectivity index (χ1n) is 7.80. The fourth-order valence-electron chi connectivity index (χ4n) is 3.78. The Labute approximate surface area is 137 Å². The molecule has 1 atom stereocenters. The molecule has 0 amide bonds. The van der Waals surface area contributed by atoms with Gasteiger partial charge >= 0.3 is 11.1 Å². The van der Waals surface area contributed by atoms with Crippen LogP contribution in [0.2, 0.25) is 0 Å². The lowest BCUT2D eigenvalue weighted by atomic mass is 9.85. The molecule has 7 nitrogen and oxygen atoms in total. The van der Waals surface area contributed by atoms with E-state index in [2.05, 4.69) is 22.0 Å². The van der Waals surface area contributed by atoms with Crippen molar-refractivity contribution in [1.29, 1.82) is 0 Å². The Morgan fingerprint density at radius 2 is 2.04 bits per heavy atom. The molecule has 2 aromatic heterocycles. The Hall–Kier alpha value is -1.80. The van der Waals surface area contributed by atoms with E-state index in [1.165, 1.54) is 16.0 Å². The van der Waals surface area contributed by atoms with E-state index in [9.17, 15) is 9.59 Å². The normalized spacial score (nSPS) is 23.7. The first-order valence-corrected chi connectivity index (χ1v) is 8.68. The van der Waals surface area contributed by atoms with Gasteiger partial charge in [-0.05, 0) is 33.4 Å². The quantitative estimate of drug-likeness (QED) is 0.734. The van der Waals surface area contributed by atoms with E-state index in [1.807, 2.05) is 12.3 Å². The summed E-state index contributed by atoms with van der Waals surface area (Å²) in [5.74, 6) is 0.776. The molecule has 1 fully saturated rings. The molecule has 8 heteroatoms. The molecule has 0 aromatic carbocycles. The van der Waals surface area contributed by atoms with Crippen molar-refractivity contribution in [3.8, 4) is 0 Å². The Balaban J connectivity index is 1.81. The maximum Gasteiger partial charge on any atom is 0.332 e. The molecule has 0 aliphatic carbocycles. The van der Waals surface area contributed by atoms with Gasteiger partial charge in [-0.3, -0.25) is 14.2 Å². The third kappa shape index (κ3) is 2.28. The number of fused-ring (bicyclic) bond motifs is 2. The average Bonchev–Trinajstić information content (AvgIpc) is 3.19. The van der Waals surface area contributed by atoms with E-state index in [0.717, 1.165) is 42.5 Å². The van der Waals surface area contributed by atoms with Crippen LogP contribution in [0.15, 0.2) is 15.0 Å². The van der Waals surface area contributed by atoms with E-state index in [0.29, 0.717) is 6.54 Å². The molecule has 23 heavy (non-hydrogen) atoms. The van der Waals surface area contributed by atoms with Crippen molar-refractivity contribution in [3.63, 3.8) is 0 Å². The molecular formula is C15H19N5O2S. The summed E-state index contributed by atoms with van der Waals surface area (Å²) in [4.78, 5) is 31.4. The highest BCUT2D eigenvalue weighted by atomic mass is 32.1. The standard InChI is InChI=1S/C15H19N5O2S/c1-10-16-11(8-23-10)7-20-13(22)12(21)19-6-4-15(14(19)17-20)3-5-18(2)9-15/h8H,3-7,9H2,1-2H3/t15-/m0/s1. The van der Waals surface area contributed by atoms with E-state index in [4.69, 9.17) is 0 Å². The van der Waals surface area contributed by atoms with E-state index in [1.54, 1.807) is 4.57 Å². The van der Waals surface area contributed by atoms with Crippen molar-refractivity contribution in [2.75, 3.05) is 20.1 Å². The van der Waals surface area contributed by atoms with Crippen LogP contribution < -0.4 is 11.1 Å². The van der Waals surface area contributed by atoms with Gasteiger partial charge in [0.25, 0.3) is 0 Å². The molecular weight excluding hydrogens is 314 g/mol. The van der Waals surface area contributed by atoms with Gasteiger partial charge in [-0.1, -0.05) is 0 Å². The van der Waals surface area contributed by atoms with E-state index in [-0.39, 0.29) is 12.0 Å². The molecule has 0 unspecified atom stereocenters. The maximum absolute atomic E-state index is 12.5. The number of hydrogen-bond acceptors (Lipinski definition) is 6. The lowest BCUT2D eigenvalue weighted by Gasteiger charge is -2.22.